The lowest BCUT2D eigenvalue weighted by atomic mass is 10.1. The summed E-state index contributed by atoms with van der Waals surface area (Å²) in [6, 6.07) is 0. The van der Waals surface area contributed by atoms with E-state index >= 15 is 0 Å². The van der Waals surface area contributed by atoms with Gasteiger partial charge in [-0.3, -0.25) is 9.69 Å². The van der Waals surface area contributed by atoms with Crippen molar-refractivity contribution in [3.05, 3.63) is 10.0 Å². The fraction of sp³-hybridized carbons (Fsp3) is 0.727. The highest BCUT2D eigenvalue weighted by Gasteiger charge is 2.27. The molecular formula is C11H18N4OS. The lowest BCUT2D eigenvalue weighted by Gasteiger charge is -2.18. The third kappa shape index (κ3) is 3.23. The molecule has 1 aliphatic rings. The Bertz CT molecular complexity index is 406. The second-order valence-corrected chi connectivity index (χ2v) is 6.02. The molecule has 1 atom stereocenters. The van der Waals surface area contributed by atoms with Crippen LogP contribution in [0.4, 0.5) is 0 Å². The van der Waals surface area contributed by atoms with E-state index < -0.39 is 0 Å². The Morgan fingerprint density at radius 1 is 1.53 bits per heavy atom. The molecule has 17 heavy (non-hydrogen) atoms. The van der Waals surface area contributed by atoms with Gasteiger partial charge >= 0.3 is 0 Å². The van der Waals surface area contributed by atoms with Crippen LogP contribution in [0, 0.1) is 12.8 Å². The van der Waals surface area contributed by atoms with Crippen molar-refractivity contribution in [3.63, 3.8) is 0 Å². The number of aryl methyl sites for hydroxylation is 1. The topological polar surface area (TPSA) is 49.3 Å². The molecule has 0 aliphatic carbocycles. The fourth-order valence-electron chi connectivity index (χ4n) is 2.22. The number of carbonyl (C=O) groups is 1. The van der Waals surface area contributed by atoms with Crippen LogP contribution >= 0.6 is 11.3 Å². The Labute approximate surface area is 105 Å². The zero-order valence-electron chi connectivity index (χ0n) is 10.5. The molecule has 1 aromatic heterocycles. The minimum atomic E-state index is 0.259. The molecule has 1 saturated heterocycles. The van der Waals surface area contributed by atoms with Crippen LogP contribution in [-0.4, -0.2) is 53.1 Å². The van der Waals surface area contributed by atoms with Crippen LogP contribution in [0.2, 0.25) is 0 Å². The number of hydrogen-bond acceptors (Lipinski definition) is 5. The first kappa shape index (κ1) is 12.4. The maximum atomic E-state index is 11.4. The van der Waals surface area contributed by atoms with E-state index in [1.807, 2.05) is 18.9 Å². The third-order valence-electron chi connectivity index (χ3n) is 2.96. The van der Waals surface area contributed by atoms with Gasteiger partial charge < -0.3 is 4.90 Å². The first-order chi connectivity index (χ1) is 8.04. The van der Waals surface area contributed by atoms with Crippen LogP contribution in [0.3, 0.4) is 0 Å². The molecule has 94 valence electrons. The first-order valence-corrected chi connectivity index (χ1v) is 6.57. The minimum absolute atomic E-state index is 0.259. The van der Waals surface area contributed by atoms with Gasteiger partial charge in [0.2, 0.25) is 5.91 Å². The molecule has 0 bridgehead atoms. The molecule has 1 unspecified atom stereocenters. The molecule has 6 heteroatoms. The molecule has 2 heterocycles. The average Bonchev–Trinajstić information content (AvgIpc) is 2.75. The van der Waals surface area contributed by atoms with Gasteiger partial charge in [-0.25, -0.2) is 0 Å². The Kier molecular flexibility index (Phi) is 3.73. The van der Waals surface area contributed by atoms with Crippen LogP contribution in [-0.2, 0) is 11.3 Å². The summed E-state index contributed by atoms with van der Waals surface area (Å²) in [5.74, 6) is 0.710. The van der Waals surface area contributed by atoms with E-state index in [0.717, 1.165) is 29.6 Å². The highest BCUT2D eigenvalue weighted by molar-refractivity contribution is 7.11. The molecule has 0 aromatic carbocycles. The monoisotopic (exact) mass is 254 g/mol. The summed E-state index contributed by atoms with van der Waals surface area (Å²) >= 11 is 1.63. The molecule has 2 rings (SSSR count). The molecule has 1 amide bonds. The largest absolute Gasteiger partial charge is 0.345 e. The molecule has 1 aromatic rings. The number of likely N-dealkylation sites (tertiary alicyclic amines) is 1. The van der Waals surface area contributed by atoms with Crippen molar-refractivity contribution in [2.24, 2.45) is 5.92 Å². The summed E-state index contributed by atoms with van der Waals surface area (Å²) in [6.45, 7) is 4.60. The maximum Gasteiger partial charge on any atom is 0.222 e. The van der Waals surface area contributed by atoms with Crippen LogP contribution < -0.4 is 0 Å². The molecular weight excluding hydrogens is 236 g/mol. The molecule has 1 fully saturated rings. The van der Waals surface area contributed by atoms with Crippen molar-refractivity contribution < 1.29 is 4.79 Å². The Morgan fingerprint density at radius 2 is 2.29 bits per heavy atom. The van der Waals surface area contributed by atoms with Crippen LogP contribution in [0.15, 0.2) is 0 Å². The quantitative estimate of drug-likeness (QED) is 0.796. The molecule has 5 nitrogen and oxygen atoms in total. The van der Waals surface area contributed by atoms with Gasteiger partial charge in [-0.2, -0.15) is 0 Å². The predicted octanol–water partition coefficient (Wildman–Crippen LogP) is 0.757. The minimum Gasteiger partial charge on any atom is -0.345 e. The standard InChI is InChI=1S/C11H18N4OS/c1-8-12-13-10(17-8)7-14(2)5-9-4-11(16)15(3)6-9/h9H,4-7H2,1-3H3. The van der Waals surface area contributed by atoms with Gasteiger partial charge in [0.05, 0.1) is 6.54 Å². The fourth-order valence-corrected chi connectivity index (χ4v) is 3.01. The van der Waals surface area contributed by atoms with Crippen molar-refractivity contribution in [2.45, 2.75) is 19.9 Å². The Balaban J connectivity index is 1.82. The van der Waals surface area contributed by atoms with Crippen LogP contribution in [0.25, 0.3) is 0 Å². The summed E-state index contributed by atoms with van der Waals surface area (Å²) < 4.78 is 0. The third-order valence-corrected chi connectivity index (χ3v) is 3.79. The smallest absolute Gasteiger partial charge is 0.222 e. The number of hydrogen-bond donors (Lipinski definition) is 0. The number of aromatic nitrogens is 2. The summed E-state index contributed by atoms with van der Waals surface area (Å²) in [4.78, 5) is 15.4. The lowest BCUT2D eigenvalue weighted by Crippen LogP contribution is -2.27. The lowest BCUT2D eigenvalue weighted by molar-refractivity contribution is -0.126. The number of rotatable bonds is 4. The van der Waals surface area contributed by atoms with Crippen molar-refractivity contribution in [1.29, 1.82) is 0 Å². The van der Waals surface area contributed by atoms with E-state index in [9.17, 15) is 4.79 Å². The second kappa shape index (κ2) is 5.10. The number of nitrogens with zero attached hydrogens (tertiary/aromatic N) is 4. The van der Waals surface area contributed by atoms with E-state index in [-0.39, 0.29) is 5.91 Å². The molecule has 0 N–H and O–H groups in total. The van der Waals surface area contributed by atoms with E-state index in [4.69, 9.17) is 0 Å². The number of amides is 1. The van der Waals surface area contributed by atoms with Crippen LogP contribution in [0.5, 0.6) is 0 Å². The maximum absolute atomic E-state index is 11.4. The normalized spacial score (nSPS) is 20.6. The van der Waals surface area contributed by atoms with E-state index in [1.54, 1.807) is 11.3 Å². The zero-order valence-corrected chi connectivity index (χ0v) is 11.3. The van der Waals surface area contributed by atoms with Gasteiger partial charge in [0, 0.05) is 26.6 Å². The van der Waals surface area contributed by atoms with Crippen molar-refractivity contribution >= 4 is 17.2 Å². The van der Waals surface area contributed by atoms with Crippen molar-refractivity contribution in [1.82, 2.24) is 20.0 Å². The SMILES string of the molecule is Cc1nnc(CN(C)CC2CC(=O)N(C)C2)s1. The highest BCUT2D eigenvalue weighted by atomic mass is 32.1. The van der Waals surface area contributed by atoms with Gasteiger partial charge in [-0.15, -0.1) is 21.5 Å². The van der Waals surface area contributed by atoms with Gasteiger partial charge in [0.1, 0.15) is 10.0 Å². The van der Waals surface area contributed by atoms with E-state index in [2.05, 4.69) is 22.1 Å². The second-order valence-electron chi connectivity index (χ2n) is 4.76. The van der Waals surface area contributed by atoms with Gasteiger partial charge in [-0.05, 0) is 19.9 Å². The summed E-state index contributed by atoms with van der Waals surface area (Å²) in [6.07, 6.45) is 0.677. The van der Waals surface area contributed by atoms with Crippen molar-refractivity contribution in [3.8, 4) is 0 Å². The predicted molar refractivity (Wildman–Crippen MR) is 66.7 cm³/mol. The van der Waals surface area contributed by atoms with Gasteiger partial charge in [0.25, 0.3) is 0 Å². The average molecular weight is 254 g/mol. The number of carbonyl (C=O) groups excluding carboxylic acids is 1. The summed E-state index contributed by atoms with van der Waals surface area (Å²) in [5.41, 5.74) is 0. The van der Waals surface area contributed by atoms with E-state index in [1.165, 1.54) is 0 Å². The zero-order chi connectivity index (χ0) is 12.4. The first-order valence-electron chi connectivity index (χ1n) is 5.76. The van der Waals surface area contributed by atoms with Gasteiger partial charge in [0.15, 0.2) is 0 Å². The molecule has 0 radical (unpaired) electrons. The van der Waals surface area contributed by atoms with Gasteiger partial charge in [-0.1, -0.05) is 0 Å². The Hall–Kier alpha value is -1.01. The van der Waals surface area contributed by atoms with E-state index in [0.29, 0.717) is 12.3 Å². The molecule has 1 aliphatic heterocycles. The van der Waals surface area contributed by atoms with Crippen LogP contribution in [0.1, 0.15) is 16.4 Å². The Morgan fingerprint density at radius 3 is 2.82 bits per heavy atom. The highest BCUT2D eigenvalue weighted by Crippen LogP contribution is 2.18. The molecule has 0 spiro atoms. The van der Waals surface area contributed by atoms with Crippen molar-refractivity contribution in [2.75, 3.05) is 27.2 Å². The molecule has 0 saturated carbocycles. The summed E-state index contributed by atoms with van der Waals surface area (Å²) in [5, 5.41) is 10.2. The summed E-state index contributed by atoms with van der Waals surface area (Å²) in [7, 11) is 3.94.